The van der Waals surface area contributed by atoms with Gasteiger partial charge in [-0.25, -0.2) is 0 Å². The van der Waals surface area contributed by atoms with Gasteiger partial charge in [-0.1, -0.05) is 107 Å². The normalized spacial score (nSPS) is 14.4. The molecule has 45 heavy (non-hydrogen) atoms. The third-order valence-corrected chi connectivity index (χ3v) is 14.1. The Hall–Kier alpha value is -2.68. The molecule has 0 radical (unpaired) electrons. The van der Waals surface area contributed by atoms with E-state index in [-0.39, 0.29) is 24.2 Å². The molecule has 1 aliphatic rings. The molecule has 0 aromatic heterocycles. The maximum absolute atomic E-state index is 13.8. The summed E-state index contributed by atoms with van der Waals surface area (Å²) in [5, 5.41) is 3.18. The topological polar surface area (TPSA) is 49.4 Å². The summed E-state index contributed by atoms with van der Waals surface area (Å²) in [6, 6.07) is 26.6. The molecule has 4 rings (SSSR count). The molecule has 0 saturated carbocycles. The first-order valence-electron chi connectivity index (χ1n) is 17.1. The zero-order valence-electron chi connectivity index (χ0n) is 27.8. The summed E-state index contributed by atoms with van der Waals surface area (Å²) in [6.07, 6.45) is 15.8. The van der Waals surface area contributed by atoms with E-state index >= 15 is 0 Å². The lowest BCUT2D eigenvalue weighted by Gasteiger charge is -2.36. The van der Waals surface area contributed by atoms with E-state index in [2.05, 4.69) is 74.6 Å². The van der Waals surface area contributed by atoms with Crippen molar-refractivity contribution in [1.29, 1.82) is 0 Å². The SMILES string of the molecule is CCCC[P+](CCCC)(CCCC)Cc1ccc(NC(=O)C2Cc3ccccc3CN2C(=O)CCCc2ccccc2)cc1.[Cl-]. The van der Waals surface area contributed by atoms with Gasteiger partial charge in [0.2, 0.25) is 11.8 Å². The average molecular weight is 649 g/mol. The lowest BCUT2D eigenvalue weighted by molar-refractivity contribution is -0.140. The highest BCUT2D eigenvalue weighted by Gasteiger charge is 2.36. The number of benzene rings is 3. The Morgan fingerprint density at radius 1 is 0.733 bits per heavy atom. The zero-order valence-corrected chi connectivity index (χ0v) is 29.4. The number of hydrogen-bond donors (Lipinski definition) is 1. The van der Waals surface area contributed by atoms with Crippen LogP contribution in [0.2, 0.25) is 0 Å². The van der Waals surface area contributed by atoms with Crippen LogP contribution in [0.4, 0.5) is 5.69 Å². The van der Waals surface area contributed by atoms with Crippen LogP contribution >= 0.6 is 7.26 Å². The Morgan fingerprint density at radius 3 is 1.91 bits per heavy atom. The molecule has 6 heteroatoms. The molecule has 0 bridgehead atoms. The fourth-order valence-corrected chi connectivity index (χ4v) is 11.7. The predicted molar refractivity (Wildman–Crippen MR) is 189 cm³/mol. The molecule has 0 aliphatic carbocycles. The summed E-state index contributed by atoms with van der Waals surface area (Å²) in [6.45, 7) is 7.43. The number of carbonyl (C=O) groups is 2. The van der Waals surface area contributed by atoms with Gasteiger partial charge in [-0.2, -0.15) is 0 Å². The molecule has 1 aliphatic heterocycles. The summed E-state index contributed by atoms with van der Waals surface area (Å²) in [5.41, 5.74) is 5.75. The van der Waals surface area contributed by atoms with Crippen molar-refractivity contribution >= 4 is 24.8 Å². The van der Waals surface area contributed by atoms with Gasteiger partial charge in [0, 0.05) is 32.3 Å². The van der Waals surface area contributed by atoms with Crippen LogP contribution in [0.5, 0.6) is 0 Å². The molecule has 1 unspecified atom stereocenters. The number of hydrogen-bond acceptors (Lipinski definition) is 2. The average Bonchev–Trinajstić information content (AvgIpc) is 3.06. The lowest BCUT2D eigenvalue weighted by Crippen LogP contribution is -3.00. The first kappa shape index (κ1) is 36.8. The number of aryl methyl sites for hydroxylation is 1. The van der Waals surface area contributed by atoms with Crippen LogP contribution in [-0.2, 0) is 35.1 Å². The molecule has 0 saturated heterocycles. The van der Waals surface area contributed by atoms with Crippen LogP contribution < -0.4 is 17.7 Å². The van der Waals surface area contributed by atoms with Crippen LogP contribution in [0.25, 0.3) is 0 Å². The minimum Gasteiger partial charge on any atom is -1.00 e. The lowest BCUT2D eigenvalue weighted by atomic mass is 9.92. The van der Waals surface area contributed by atoms with Gasteiger partial charge in [-0.3, -0.25) is 9.59 Å². The largest absolute Gasteiger partial charge is 1.00 e. The number of fused-ring (bicyclic) bond motifs is 1. The summed E-state index contributed by atoms with van der Waals surface area (Å²) >= 11 is 0. The van der Waals surface area contributed by atoms with Crippen LogP contribution in [0, 0.1) is 0 Å². The zero-order chi connectivity index (χ0) is 31.2. The molecule has 3 aromatic rings. The third kappa shape index (κ3) is 11.0. The molecular formula is C39H54ClN2O2P. The summed E-state index contributed by atoms with van der Waals surface area (Å²) in [7, 11) is -1.04. The number of unbranched alkanes of at least 4 members (excludes halogenated alkanes) is 3. The number of amides is 2. The second-order valence-corrected chi connectivity index (χ2v) is 17.1. The predicted octanol–water partition coefficient (Wildman–Crippen LogP) is 6.52. The molecule has 4 nitrogen and oxygen atoms in total. The molecule has 3 aromatic carbocycles. The Labute approximate surface area is 279 Å². The van der Waals surface area contributed by atoms with Crippen LogP contribution in [0.3, 0.4) is 0 Å². The van der Waals surface area contributed by atoms with Crippen molar-refractivity contribution in [2.24, 2.45) is 0 Å². The maximum atomic E-state index is 13.8. The molecular weight excluding hydrogens is 595 g/mol. The monoisotopic (exact) mass is 648 g/mol. The van der Waals surface area contributed by atoms with Gasteiger partial charge in [0.1, 0.15) is 6.04 Å². The summed E-state index contributed by atoms with van der Waals surface area (Å²) in [5.74, 6) is -0.0446. The van der Waals surface area contributed by atoms with Gasteiger partial charge < -0.3 is 22.6 Å². The van der Waals surface area contributed by atoms with Crippen molar-refractivity contribution in [1.82, 2.24) is 4.90 Å². The molecule has 1 heterocycles. The minimum atomic E-state index is -1.04. The number of rotatable bonds is 17. The highest BCUT2D eigenvalue weighted by molar-refractivity contribution is 7.75. The number of carbonyl (C=O) groups excluding carboxylic acids is 2. The first-order chi connectivity index (χ1) is 21.5. The Morgan fingerprint density at radius 2 is 1.31 bits per heavy atom. The minimum absolute atomic E-state index is 0. The number of nitrogens with one attached hydrogen (secondary N) is 1. The van der Waals surface area contributed by atoms with Gasteiger partial charge in [-0.05, 0) is 66.5 Å². The molecule has 0 fully saturated rings. The van der Waals surface area contributed by atoms with Crippen LogP contribution in [-0.4, -0.2) is 41.2 Å². The quantitative estimate of drug-likeness (QED) is 0.169. The molecule has 244 valence electrons. The fourth-order valence-electron chi connectivity index (χ4n) is 6.61. The van der Waals surface area contributed by atoms with Gasteiger partial charge in [0.25, 0.3) is 0 Å². The van der Waals surface area contributed by atoms with Crippen molar-refractivity contribution in [2.75, 3.05) is 23.8 Å². The van der Waals surface area contributed by atoms with E-state index in [0.29, 0.717) is 19.4 Å². The Bertz CT molecular complexity index is 1290. The van der Waals surface area contributed by atoms with Gasteiger partial charge in [-0.15, -0.1) is 0 Å². The fraction of sp³-hybridized carbons (Fsp3) is 0.487. The highest BCUT2D eigenvalue weighted by atomic mass is 35.5. The van der Waals surface area contributed by atoms with Crippen LogP contribution in [0.1, 0.15) is 94.4 Å². The van der Waals surface area contributed by atoms with Crippen molar-refractivity contribution in [3.63, 3.8) is 0 Å². The van der Waals surface area contributed by atoms with Crippen molar-refractivity contribution in [2.45, 2.75) is 104 Å². The number of anilines is 1. The van der Waals surface area contributed by atoms with E-state index in [1.165, 1.54) is 74.3 Å². The molecule has 1 atom stereocenters. The summed E-state index contributed by atoms with van der Waals surface area (Å²) in [4.78, 5) is 29.1. The second-order valence-electron chi connectivity index (χ2n) is 12.8. The van der Waals surface area contributed by atoms with Crippen molar-refractivity contribution in [3.05, 3.63) is 101 Å². The van der Waals surface area contributed by atoms with Gasteiger partial charge in [0.15, 0.2) is 0 Å². The highest BCUT2D eigenvalue weighted by Crippen LogP contribution is 2.63. The second kappa shape index (κ2) is 19.1. The third-order valence-electron chi connectivity index (χ3n) is 9.27. The van der Waals surface area contributed by atoms with Crippen molar-refractivity contribution in [3.8, 4) is 0 Å². The molecule has 2 amide bonds. The van der Waals surface area contributed by atoms with Crippen molar-refractivity contribution < 1.29 is 22.0 Å². The maximum Gasteiger partial charge on any atom is 0.247 e. The van der Waals surface area contributed by atoms with E-state index in [4.69, 9.17) is 0 Å². The Balaban J connectivity index is 0.00000552. The van der Waals surface area contributed by atoms with Gasteiger partial charge in [0.05, 0.1) is 24.6 Å². The molecule has 0 spiro atoms. The van der Waals surface area contributed by atoms with E-state index in [0.717, 1.165) is 29.7 Å². The first-order valence-corrected chi connectivity index (χ1v) is 19.6. The summed E-state index contributed by atoms with van der Waals surface area (Å²) < 4.78 is 0. The van der Waals surface area contributed by atoms with E-state index < -0.39 is 13.3 Å². The Kier molecular flexibility index (Phi) is 15.6. The number of nitrogens with zero attached hydrogens (tertiary/aromatic N) is 1. The molecule has 1 N–H and O–H groups in total. The number of halogens is 1. The van der Waals surface area contributed by atoms with E-state index in [1.807, 2.05) is 35.2 Å². The van der Waals surface area contributed by atoms with Gasteiger partial charge >= 0.3 is 0 Å². The van der Waals surface area contributed by atoms with E-state index in [1.54, 1.807) is 0 Å². The standard InChI is InChI=1S/C39H53N2O2P.ClH/c1-4-7-26-44(27-8-5-2,28-9-6-3)31-33-22-24-36(25-23-33)40-39(43)37-29-34-19-13-14-20-35(34)30-41(37)38(42)21-15-18-32-16-11-10-12-17-32;/h10-14,16-17,19-20,22-25,37H,4-9,15,18,21,26-31H2,1-3H3;1H. The van der Waals surface area contributed by atoms with Crippen LogP contribution in [0.15, 0.2) is 78.9 Å². The van der Waals surface area contributed by atoms with E-state index in [9.17, 15) is 9.59 Å². The smallest absolute Gasteiger partial charge is 0.247 e.